The smallest absolute Gasteiger partial charge is 0.247 e. The van der Waals surface area contributed by atoms with Crippen LogP contribution in [0.5, 0.6) is 0 Å². The van der Waals surface area contributed by atoms with E-state index in [0.29, 0.717) is 35.3 Å². The first-order chi connectivity index (χ1) is 17.5. The third-order valence-electron chi connectivity index (χ3n) is 5.94. The van der Waals surface area contributed by atoms with Crippen molar-refractivity contribution in [1.82, 2.24) is 25.2 Å². The van der Waals surface area contributed by atoms with Crippen LogP contribution in [0.15, 0.2) is 72.8 Å². The Morgan fingerprint density at radius 2 is 1.78 bits per heavy atom. The van der Waals surface area contributed by atoms with Crippen LogP contribution in [-0.4, -0.2) is 52.0 Å². The lowest BCUT2D eigenvalue weighted by atomic mass is 9.98. The van der Waals surface area contributed by atoms with Crippen molar-refractivity contribution >= 4 is 22.8 Å². The van der Waals surface area contributed by atoms with E-state index < -0.39 is 6.04 Å². The van der Waals surface area contributed by atoms with Crippen molar-refractivity contribution in [2.75, 3.05) is 20.3 Å². The number of amides is 2. The second kappa shape index (κ2) is 11.5. The molecule has 186 valence electrons. The van der Waals surface area contributed by atoms with Gasteiger partial charge in [0.05, 0.1) is 12.1 Å². The maximum absolute atomic E-state index is 13.8. The number of aromatic nitrogens is 3. The first-order valence-electron chi connectivity index (χ1n) is 11.6. The summed E-state index contributed by atoms with van der Waals surface area (Å²) >= 11 is 0. The van der Waals surface area contributed by atoms with Gasteiger partial charge in [-0.25, -0.2) is 9.07 Å². The van der Waals surface area contributed by atoms with Crippen LogP contribution in [0, 0.1) is 12.7 Å². The molecule has 36 heavy (non-hydrogen) atoms. The third kappa shape index (κ3) is 5.75. The monoisotopic (exact) mass is 489 g/mol. The molecular formula is C27H28FN5O3. The van der Waals surface area contributed by atoms with Crippen molar-refractivity contribution < 1.29 is 18.7 Å². The Morgan fingerprint density at radius 1 is 1.06 bits per heavy atom. The maximum Gasteiger partial charge on any atom is 0.247 e. The lowest BCUT2D eigenvalue weighted by Crippen LogP contribution is -2.45. The number of hydrogen-bond acceptors (Lipinski definition) is 5. The summed E-state index contributed by atoms with van der Waals surface area (Å²) in [5, 5.41) is 11.2. The fourth-order valence-corrected chi connectivity index (χ4v) is 4.08. The van der Waals surface area contributed by atoms with E-state index in [1.807, 2.05) is 55.5 Å². The fourth-order valence-electron chi connectivity index (χ4n) is 4.08. The van der Waals surface area contributed by atoms with Crippen molar-refractivity contribution in [3.8, 4) is 0 Å². The number of rotatable bonds is 10. The number of nitrogens with one attached hydrogen (secondary N) is 1. The van der Waals surface area contributed by atoms with E-state index in [9.17, 15) is 14.0 Å². The molecule has 1 N–H and O–H groups in total. The van der Waals surface area contributed by atoms with Gasteiger partial charge >= 0.3 is 0 Å². The topological polar surface area (TPSA) is 89.4 Å². The van der Waals surface area contributed by atoms with E-state index in [0.717, 1.165) is 5.56 Å². The lowest BCUT2D eigenvalue weighted by Gasteiger charge is -2.32. The van der Waals surface area contributed by atoms with Crippen LogP contribution >= 0.6 is 0 Å². The van der Waals surface area contributed by atoms with E-state index in [1.165, 1.54) is 21.7 Å². The molecule has 1 aromatic heterocycles. The molecule has 9 heteroatoms. The van der Waals surface area contributed by atoms with Crippen LogP contribution in [-0.2, 0) is 27.4 Å². The molecule has 4 rings (SSSR count). The number of fused-ring (bicyclic) bond motifs is 1. The summed E-state index contributed by atoms with van der Waals surface area (Å²) in [5.74, 6) is -1.04. The molecule has 3 aromatic carbocycles. The van der Waals surface area contributed by atoms with Crippen LogP contribution in [0.4, 0.5) is 4.39 Å². The number of ether oxygens (including phenoxy) is 1. The summed E-state index contributed by atoms with van der Waals surface area (Å²) in [6, 6.07) is 19.8. The molecule has 0 unspecified atom stereocenters. The normalized spacial score (nSPS) is 11.9. The number of benzene rings is 3. The minimum absolute atomic E-state index is 0.0996. The Labute approximate surface area is 208 Å². The molecule has 2 amide bonds. The SMILES string of the molecule is COCCNC(=O)[C@@H](c1ccccc1C)N(Cc1ccc(F)cc1)C(=O)Cn1nnc2ccccc21. The molecule has 0 aliphatic heterocycles. The molecule has 4 aromatic rings. The van der Waals surface area contributed by atoms with Gasteiger partial charge in [0.25, 0.3) is 0 Å². The Balaban J connectivity index is 1.74. The molecule has 0 aliphatic rings. The predicted molar refractivity (Wildman–Crippen MR) is 133 cm³/mol. The summed E-state index contributed by atoms with van der Waals surface area (Å²) in [7, 11) is 1.55. The van der Waals surface area contributed by atoms with E-state index in [2.05, 4.69) is 15.6 Å². The maximum atomic E-state index is 13.8. The molecule has 1 heterocycles. The largest absolute Gasteiger partial charge is 0.383 e. The average Bonchev–Trinajstić information content (AvgIpc) is 3.29. The lowest BCUT2D eigenvalue weighted by molar-refractivity contribution is -0.142. The van der Waals surface area contributed by atoms with Crippen LogP contribution in [0.1, 0.15) is 22.7 Å². The first-order valence-corrected chi connectivity index (χ1v) is 11.6. The molecule has 0 saturated heterocycles. The Hall–Kier alpha value is -4.11. The van der Waals surface area contributed by atoms with Crippen LogP contribution in [0.25, 0.3) is 11.0 Å². The van der Waals surface area contributed by atoms with Crippen molar-refractivity contribution in [2.45, 2.75) is 26.1 Å². The molecule has 1 atom stereocenters. The number of nitrogens with zero attached hydrogens (tertiary/aromatic N) is 4. The van der Waals surface area contributed by atoms with Gasteiger partial charge in [-0.1, -0.05) is 53.7 Å². The van der Waals surface area contributed by atoms with E-state index in [-0.39, 0.29) is 30.7 Å². The zero-order valence-electron chi connectivity index (χ0n) is 20.2. The summed E-state index contributed by atoms with van der Waals surface area (Å²) in [6.07, 6.45) is 0. The fraction of sp³-hybridized carbons (Fsp3) is 0.259. The predicted octanol–water partition coefficient (Wildman–Crippen LogP) is 3.41. The highest BCUT2D eigenvalue weighted by Crippen LogP contribution is 2.27. The second-order valence-electron chi connectivity index (χ2n) is 8.43. The summed E-state index contributed by atoms with van der Waals surface area (Å²) in [6.45, 7) is 2.52. The number of para-hydroxylation sites is 1. The number of methoxy groups -OCH3 is 1. The Bertz CT molecular complexity index is 1340. The standard InChI is InChI=1S/C27H28FN5O3/c1-19-7-3-4-8-22(19)26(27(35)29-15-16-36-2)32(17-20-11-13-21(28)14-12-20)25(34)18-33-24-10-6-5-9-23(24)30-31-33/h3-14,26H,15-18H2,1-2H3,(H,29,35)/t26-/m1/s1. The molecule has 0 aliphatic carbocycles. The number of aryl methyl sites for hydroxylation is 1. The van der Waals surface area contributed by atoms with Crippen LogP contribution < -0.4 is 5.32 Å². The average molecular weight is 490 g/mol. The number of carbonyl (C=O) groups excluding carboxylic acids is 2. The Kier molecular flexibility index (Phi) is 8.02. The van der Waals surface area contributed by atoms with Gasteiger partial charge in [-0.2, -0.15) is 0 Å². The Morgan fingerprint density at radius 3 is 2.53 bits per heavy atom. The van der Waals surface area contributed by atoms with Gasteiger partial charge in [0, 0.05) is 20.2 Å². The van der Waals surface area contributed by atoms with E-state index in [1.54, 1.807) is 19.2 Å². The van der Waals surface area contributed by atoms with Crippen molar-refractivity contribution in [3.05, 3.63) is 95.3 Å². The molecule has 0 bridgehead atoms. The molecule has 0 fully saturated rings. The zero-order valence-corrected chi connectivity index (χ0v) is 20.2. The first kappa shape index (κ1) is 25.0. The van der Waals surface area contributed by atoms with Gasteiger partial charge in [-0.3, -0.25) is 9.59 Å². The quantitative estimate of drug-likeness (QED) is 0.345. The van der Waals surface area contributed by atoms with Crippen molar-refractivity contribution in [3.63, 3.8) is 0 Å². The van der Waals surface area contributed by atoms with Gasteiger partial charge in [-0.15, -0.1) is 5.10 Å². The number of carbonyl (C=O) groups is 2. The van der Waals surface area contributed by atoms with E-state index in [4.69, 9.17) is 4.74 Å². The molecule has 0 spiro atoms. The highest BCUT2D eigenvalue weighted by Gasteiger charge is 2.33. The summed E-state index contributed by atoms with van der Waals surface area (Å²) < 4.78 is 20.2. The highest BCUT2D eigenvalue weighted by molar-refractivity contribution is 5.89. The van der Waals surface area contributed by atoms with Gasteiger partial charge in [-0.05, 0) is 47.9 Å². The molecule has 0 radical (unpaired) electrons. The van der Waals surface area contributed by atoms with Crippen molar-refractivity contribution in [1.29, 1.82) is 0 Å². The molecule has 8 nitrogen and oxygen atoms in total. The second-order valence-corrected chi connectivity index (χ2v) is 8.43. The van der Waals surface area contributed by atoms with Gasteiger partial charge in [0.1, 0.15) is 23.9 Å². The zero-order chi connectivity index (χ0) is 25.5. The summed E-state index contributed by atoms with van der Waals surface area (Å²) in [5.41, 5.74) is 3.64. The molecular weight excluding hydrogens is 461 g/mol. The van der Waals surface area contributed by atoms with Crippen LogP contribution in [0.3, 0.4) is 0 Å². The van der Waals surface area contributed by atoms with Gasteiger partial charge in [0.15, 0.2) is 0 Å². The minimum Gasteiger partial charge on any atom is -0.383 e. The third-order valence-corrected chi connectivity index (χ3v) is 5.94. The molecule has 0 saturated carbocycles. The minimum atomic E-state index is -0.921. The highest BCUT2D eigenvalue weighted by atomic mass is 19.1. The number of hydrogen-bond donors (Lipinski definition) is 1. The summed E-state index contributed by atoms with van der Waals surface area (Å²) in [4.78, 5) is 28.9. The van der Waals surface area contributed by atoms with Crippen molar-refractivity contribution in [2.24, 2.45) is 0 Å². The van der Waals surface area contributed by atoms with Gasteiger partial charge in [0.2, 0.25) is 11.8 Å². The van der Waals surface area contributed by atoms with Crippen LogP contribution in [0.2, 0.25) is 0 Å². The van der Waals surface area contributed by atoms with Gasteiger partial charge < -0.3 is 15.0 Å². The van der Waals surface area contributed by atoms with E-state index >= 15 is 0 Å². The number of halogens is 1.